The number of rotatable bonds is 5. The lowest BCUT2D eigenvalue weighted by molar-refractivity contribution is -0.146. The van der Waals surface area contributed by atoms with E-state index in [1.54, 1.807) is 26.1 Å². The molecule has 0 aliphatic carbocycles. The maximum atomic E-state index is 11.5. The minimum absolute atomic E-state index is 0.0148. The molecule has 1 heterocycles. The van der Waals surface area contributed by atoms with E-state index in [1.165, 1.54) is 4.68 Å². The number of carbonyl (C=O) groups excluding carboxylic acids is 2. The first kappa shape index (κ1) is 13.0. The second-order valence-electron chi connectivity index (χ2n) is 3.48. The summed E-state index contributed by atoms with van der Waals surface area (Å²) in [6.07, 6.45) is 1.59. The molecule has 7 heteroatoms. The highest BCUT2D eigenvalue weighted by Crippen LogP contribution is 1.95. The van der Waals surface area contributed by atoms with E-state index >= 15 is 0 Å². The fraction of sp³-hybridized carbons (Fsp3) is 0.500. The number of anilines is 1. The van der Waals surface area contributed by atoms with Gasteiger partial charge in [-0.2, -0.15) is 5.10 Å². The molecule has 1 unspecified atom stereocenters. The van der Waals surface area contributed by atoms with Gasteiger partial charge in [0.2, 0.25) is 5.91 Å². The van der Waals surface area contributed by atoms with Gasteiger partial charge in [0.1, 0.15) is 18.4 Å². The molecule has 1 aromatic rings. The lowest BCUT2D eigenvalue weighted by atomic mass is 10.3. The molecule has 0 saturated carbocycles. The molecule has 0 aliphatic heterocycles. The van der Waals surface area contributed by atoms with Gasteiger partial charge in [-0.15, -0.1) is 0 Å². The number of amides is 1. The van der Waals surface area contributed by atoms with Crippen LogP contribution in [-0.2, 0) is 20.9 Å². The summed E-state index contributed by atoms with van der Waals surface area (Å²) in [5.41, 5.74) is 5.41. The van der Waals surface area contributed by atoms with Crippen molar-refractivity contribution in [2.75, 3.05) is 12.3 Å². The van der Waals surface area contributed by atoms with E-state index in [2.05, 4.69) is 10.4 Å². The van der Waals surface area contributed by atoms with Gasteiger partial charge >= 0.3 is 5.97 Å². The third kappa shape index (κ3) is 4.13. The molecule has 0 aliphatic rings. The van der Waals surface area contributed by atoms with Gasteiger partial charge in [-0.05, 0) is 19.9 Å². The molecule has 17 heavy (non-hydrogen) atoms. The Labute approximate surface area is 98.9 Å². The standard InChI is InChI=1S/C10H16N4O3/c1-3-17-10(16)7(2)12-9(15)6-14-5-4-8(11)13-14/h4-5,7H,3,6H2,1-2H3,(H2,11,13)(H,12,15). The molecule has 1 atom stereocenters. The molecule has 1 aromatic heterocycles. The fourth-order valence-corrected chi connectivity index (χ4v) is 1.23. The molecular formula is C10H16N4O3. The monoisotopic (exact) mass is 240 g/mol. The summed E-state index contributed by atoms with van der Waals surface area (Å²) in [5.74, 6) is -0.439. The first-order chi connectivity index (χ1) is 8.02. The number of nitrogens with one attached hydrogen (secondary N) is 1. The molecule has 1 amide bonds. The largest absolute Gasteiger partial charge is 0.464 e. The number of esters is 1. The molecule has 94 valence electrons. The number of hydrogen-bond donors (Lipinski definition) is 2. The molecule has 0 radical (unpaired) electrons. The van der Waals surface area contributed by atoms with E-state index in [0.717, 1.165) is 0 Å². The highest BCUT2D eigenvalue weighted by molar-refractivity contribution is 5.83. The number of aromatic nitrogens is 2. The zero-order valence-corrected chi connectivity index (χ0v) is 9.84. The number of carbonyl (C=O) groups is 2. The summed E-state index contributed by atoms with van der Waals surface area (Å²) < 4.78 is 6.15. The van der Waals surface area contributed by atoms with E-state index in [9.17, 15) is 9.59 Å². The lowest BCUT2D eigenvalue weighted by Crippen LogP contribution is -2.41. The topological polar surface area (TPSA) is 99.2 Å². The minimum atomic E-state index is -0.671. The van der Waals surface area contributed by atoms with Crippen LogP contribution in [-0.4, -0.2) is 34.3 Å². The summed E-state index contributed by atoms with van der Waals surface area (Å²) in [5, 5.41) is 6.36. The van der Waals surface area contributed by atoms with Crippen LogP contribution in [0.15, 0.2) is 12.3 Å². The van der Waals surface area contributed by atoms with Crippen LogP contribution in [0.1, 0.15) is 13.8 Å². The maximum Gasteiger partial charge on any atom is 0.328 e. The highest BCUT2D eigenvalue weighted by atomic mass is 16.5. The summed E-state index contributed by atoms with van der Waals surface area (Å²) in [7, 11) is 0. The molecule has 1 rings (SSSR count). The quantitative estimate of drug-likeness (QED) is 0.678. The Morgan fingerprint density at radius 1 is 1.65 bits per heavy atom. The highest BCUT2D eigenvalue weighted by Gasteiger charge is 2.16. The first-order valence-corrected chi connectivity index (χ1v) is 5.28. The van der Waals surface area contributed by atoms with Gasteiger partial charge in [-0.1, -0.05) is 0 Å². The zero-order valence-electron chi connectivity index (χ0n) is 9.84. The normalized spacial score (nSPS) is 11.9. The van der Waals surface area contributed by atoms with Crippen LogP contribution in [0, 0.1) is 0 Å². The van der Waals surface area contributed by atoms with Gasteiger partial charge in [0.05, 0.1) is 6.61 Å². The molecule has 0 bridgehead atoms. The van der Waals surface area contributed by atoms with Gasteiger partial charge < -0.3 is 15.8 Å². The second-order valence-corrected chi connectivity index (χ2v) is 3.48. The molecule has 7 nitrogen and oxygen atoms in total. The molecule has 3 N–H and O–H groups in total. The lowest BCUT2D eigenvalue weighted by Gasteiger charge is -2.12. The third-order valence-electron chi connectivity index (χ3n) is 1.98. The Kier molecular flexibility index (Phi) is 4.50. The number of hydrogen-bond acceptors (Lipinski definition) is 5. The van der Waals surface area contributed by atoms with Crippen LogP contribution in [0.3, 0.4) is 0 Å². The Bertz CT molecular complexity index is 402. The summed E-state index contributed by atoms with van der Waals surface area (Å²) in [4.78, 5) is 22.8. The van der Waals surface area contributed by atoms with E-state index in [0.29, 0.717) is 5.82 Å². The van der Waals surface area contributed by atoms with Crippen molar-refractivity contribution in [3.8, 4) is 0 Å². The maximum absolute atomic E-state index is 11.5. The average molecular weight is 240 g/mol. The summed E-state index contributed by atoms with van der Waals surface area (Å²) in [6.45, 7) is 3.57. The summed E-state index contributed by atoms with van der Waals surface area (Å²) in [6, 6.07) is 0.914. The van der Waals surface area contributed by atoms with E-state index in [4.69, 9.17) is 10.5 Å². The Hall–Kier alpha value is -2.05. The molecule has 0 spiro atoms. The van der Waals surface area contributed by atoms with Crippen molar-refractivity contribution in [2.45, 2.75) is 26.4 Å². The van der Waals surface area contributed by atoms with E-state index in [-0.39, 0.29) is 19.1 Å². The van der Waals surface area contributed by atoms with Crippen LogP contribution in [0.2, 0.25) is 0 Å². The third-order valence-corrected chi connectivity index (χ3v) is 1.98. The van der Waals surface area contributed by atoms with Gasteiger partial charge in [0, 0.05) is 6.20 Å². The second kappa shape index (κ2) is 5.88. The number of nitrogens with two attached hydrogens (primary N) is 1. The SMILES string of the molecule is CCOC(=O)C(C)NC(=O)Cn1ccc(N)n1. The van der Waals surface area contributed by atoms with Gasteiger partial charge in [-0.3, -0.25) is 9.48 Å². The fourth-order valence-electron chi connectivity index (χ4n) is 1.23. The van der Waals surface area contributed by atoms with Gasteiger partial charge in [0.15, 0.2) is 0 Å². The van der Waals surface area contributed by atoms with Gasteiger partial charge in [0.25, 0.3) is 0 Å². The molecular weight excluding hydrogens is 224 g/mol. The van der Waals surface area contributed by atoms with Crippen molar-refractivity contribution >= 4 is 17.7 Å². The van der Waals surface area contributed by atoms with Crippen molar-refractivity contribution in [1.82, 2.24) is 15.1 Å². The smallest absolute Gasteiger partial charge is 0.328 e. The number of nitrogen functional groups attached to an aromatic ring is 1. The molecule has 0 fully saturated rings. The average Bonchev–Trinajstić information content (AvgIpc) is 2.64. The van der Waals surface area contributed by atoms with Crippen molar-refractivity contribution in [2.24, 2.45) is 0 Å². The van der Waals surface area contributed by atoms with E-state index in [1.807, 2.05) is 0 Å². The Morgan fingerprint density at radius 2 is 2.35 bits per heavy atom. The summed E-state index contributed by atoms with van der Waals surface area (Å²) >= 11 is 0. The van der Waals surface area contributed by atoms with Crippen LogP contribution in [0.5, 0.6) is 0 Å². The zero-order chi connectivity index (χ0) is 12.8. The Balaban J connectivity index is 2.41. The number of nitrogens with zero attached hydrogens (tertiary/aromatic N) is 2. The van der Waals surface area contributed by atoms with Crippen molar-refractivity contribution in [3.05, 3.63) is 12.3 Å². The molecule has 0 aromatic carbocycles. The van der Waals surface area contributed by atoms with Crippen molar-refractivity contribution in [1.29, 1.82) is 0 Å². The van der Waals surface area contributed by atoms with Gasteiger partial charge in [-0.25, -0.2) is 4.79 Å². The predicted molar refractivity (Wildman–Crippen MR) is 60.9 cm³/mol. The van der Waals surface area contributed by atoms with Crippen molar-refractivity contribution < 1.29 is 14.3 Å². The minimum Gasteiger partial charge on any atom is -0.464 e. The van der Waals surface area contributed by atoms with Crippen LogP contribution < -0.4 is 11.1 Å². The van der Waals surface area contributed by atoms with Crippen LogP contribution >= 0.6 is 0 Å². The first-order valence-electron chi connectivity index (χ1n) is 5.28. The van der Waals surface area contributed by atoms with Crippen LogP contribution in [0.25, 0.3) is 0 Å². The predicted octanol–water partition coefficient (Wildman–Crippen LogP) is -0.467. The molecule has 0 saturated heterocycles. The van der Waals surface area contributed by atoms with Crippen molar-refractivity contribution in [3.63, 3.8) is 0 Å². The van der Waals surface area contributed by atoms with E-state index < -0.39 is 12.0 Å². The number of ether oxygens (including phenoxy) is 1. The van der Waals surface area contributed by atoms with Crippen LogP contribution in [0.4, 0.5) is 5.82 Å². The Morgan fingerprint density at radius 3 is 2.88 bits per heavy atom.